The van der Waals surface area contributed by atoms with Crippen molar-refractivity contribution in [2.45, 2.75) is 13.8 Å². The normalized spacial score (nSPS) is 10.6. The average Bonchev–Trinajstić information content (AvgIpc) is 3.13. The Morgan fingerprint density at radius 3 is 2.61 bits per heavy atom. The van der Waals surface area contributed by atoms with Crippen molar-refractivity contribution in [2.24, 2.45) is 0 Å². The maximum absolute atomic E-state index is 12.1. The van der Waals surface area contributed by atoms with Crippen LogP contribution in [0.2, 0.25) is 0 Å². The molecule has 0 unspecified atom stereocenters. The van der Waals surface area contributed by atoms with Crippen molar-refractivity contribution in [3.8, 4) is 17.0 Å². The lowest BCUT2D eigenvalue weighted by Crippen LogP contribution is -2.11. The first-order valence-corrected chi connectivity index (χ1v) is 7.75. The molecule has 1 aromatic carbocycles. The summed E-state index contributed by atoms with van der Waals surface area (Å²) in [6.45, 7) is 3.70. The van der Waals surface area contributed by atoms with Crippen LogP contribution in [0.5, 0.6) is 5.75 Å². The van der Waals surface area contributed by atoms with Crippen LogP contribution in [-0.4, -0.2) is 23.2 Å². The predicted molar refractivity (Wildman–Crippen MR) is 88.0 cm³/mol. The minimum Gasteiger partial charge on any atom is -0.497 e. The molecular formula is C16H15N3O3S. The fraction of sp³-hybridized carbons (Fsp3) is 0.188. The topological polar surface area (TPSA) is 77.2 Å². The molecule has 0 aliphatic rings. The first-order chi connectivity index (χ1) is 11.1. The molecule has 0 saturated carbocycles. The Kier molecular flexibility index (Phi) is 4.12. The molecule has 118 valence electrons. The quantitative estimate of drug-likeness (QED) is 0.790. The number of aromatic nitrogens is 2. The number of hydrogen-bond donors (Lipinski definition) is 1. The van der Waals surface area contributed by atoms with Crippen molar-refractivity contribution in [3.63, 3.8) is 0 Å². The number of amides is 1. The van der Waals surface area contributed by atoms with E-state index < -0.39 is 0 Å². The third-order valence-electron chi connectivity index (χ3n) is 3.24. The van der Waals surface area contributed by atoms with Gasteiger partial charge in [-0.15, -0.1) is 11.3 Å². The molecule has 0 atom stereocenters. The van der Waals surface area contributed by atoms with Gasteiger partial charge >= 0.3 is 0 Å². The molecule has 7 heteroatoms. The van der Waals surface area contributed by atoms with Gasteiger partial charge < -0.3 is 9.26 Å². The summed E-state index contributed by atoms with van der Waals surface area (Å²) in [5, 5.41) is 6.97. The van der Waals surface area contributed by atoms with Gasteiger partial charge in [0.05, 0.1) is 12.8 Å². The Balaban J connectivity index is 1.81. The highest BCUT2D eigenvalue weighted by molar-refractivity contribution is 7.16. The number of nitrogens with zero attached hydrogens (tertiary/aromatic N) is 2. The van der Waals surface area contributed by atoms with Gasteiger partial charge in [-0.3, -0.25) is 10.1 Å². The maximum Gasteiger partial charge on any atom is 0.279 e. The zero-order valence-corrected chi connectivity index (χ0v) is 13.7. The van der Waals surface area contributed by atoms with Crippen molar-refractivity contribution in [2.75, 3.05) is 12.4 Å². The Morgan fingerprint density at radius 1 is 1.26 bits per heavy atom. The van der Waals surface area contributed by atoms with Crippen LogP contribution in [0.3, 0.4) is 0 Å². The van der Waals surface area contributed by atoms with Gasteiger partial charge in [-0.05, 0) is 38.1 Å². The lowest BCUT2D eigenvalue weighted by Gasteiger charge is -2.01. The summed E-state index contributed by atoms with van der Waals surface area (Å²) in [6.07, 6.45) is 0. The summed E-state index contributed by atoms with van der Waals surface area (Å²) in [5.74, 6) is 1.04. The van der Waals surface area contributed by atoms with Crippen LogP contribution in [0, 0.1) is 13.8 Å². The number of thiazole rings is 1. The van der Waals surface area contributed by atoms with E-state index in [9.17, 15) is 4.79 Å². The molecule has 3 rings (SSSR count). The number of rotatable bonds is 4. The van der Waals surface area contributed by atoms with E-state index in [2.05, 4.69) is 15.5 Å². The average molecular weight is 329 g/mol. The van der Waals surface area contributed by atoms with E-state index in [0.717, 1.165) is 21.9 Å². The lowest BCUT2D eigenvalue weighted by molar-refractivity contribution is 0.101. The molecule has 3 aromatic rings. The summed E-state index contributed by atoms with van der Waals surface area (Å²) >= 11 is 1.42. The van der Waals surface area contributed by atoms with E-state index in [1.807, 2.05) is 31.2 Å². The summed E-state index contributed by atoms with van der Waals surface area (Å²) in [7, 11) is 1.63. The van der Waals surface area contributed by atoms with E-state index in [0.29, 0.717) is 10.9 Å². The second-order valence-electron chi connectivity index (χ2n) is 4.93. The first kappa shape index (κ1) is 15.2. The monoisotopic (exact) mass is 329 g/mol. The van der Waals surface area contributed by atoms with Crippen LogP contribution in [-0.2, 0) is 0 Å². The molecule has 2 aromatic heterocycles. The van der Waals surface area contributed by atoms with E-state index in [-0.39, 0.29) is 11.6 Å². The van der Waals surface area contributed by atoms with Crippen molar-refractivity contribution in [1.82, 2.24) is 10.1 Å². The smallest absolute Gasteiger partial charge is 0.279 e. The summed E-state index contributed by atoms with van der Waals surface area (Å²) in [4.78, 5) is 17.6. The standard InChI is InChI=1S/C16H15N3O3S/c1-9-8-13(19-22-9)15(20)18-16-17-14(10(2)23-16)11-4-6-12(21-3)7-5-11/h4-8H,1-3H3,(H,17,18,20). The number of methoxy groups -OCH3 is 1. The van der Waals surface area contributed by atoms with Crippen molar-refractivity contribution < 1.29 is 14.1 Å². The summed E-state index contributed by atoms with van der Waals surface area (Å²) in [5.41, 5.74) is 2.04. The van der Waals surface area contributed by atoms with Gasteiger partial charge in [-0.25, -0.2) is 4.98 Å². The van der Waals surface area contributed by atoms with Crippen molar-refractivity contribution in [3.05, 3.63) is 46.7 Å². The molecule has 0 fully saturated rings. The first-order valence-electron chi connectivity index (χ1n) is 6.93. The van der Waals surface area contributed by atoms with Gasteiger partial charge in [0.1, 0.15) is 11.5 Å². The van der Waals surface area contributed by atoms with E-state index in [1.165, 1.54) is 11.3 Å². The Hall–Kier alpha value is -2.67. The number of carbonyl (C=O) groups is 1. The fourth-order valence-electron chi connectivity index (χ4n) is 2.10. The number of anilines is 1. The number of benzene rings is 1. The van der Waals surface area contributed by atoms with E-state index >= 15 is 0 Å². The molecule has 23 heavy (non-hydrogen) atoms. The number of carbonyl (C=O) groups excluding carboxylic acids is 1. The van der Waals surface area contributed by atoms with E-state index in [4.69, 9.17) is 9.26 Å². The molecular weight excluding hydrogens is 314 g/mol. The highest BCUT2D eigenvalue weighted by Crippen LogP contribution is 2.31. The van der Waals surface area contributed by atoms with Crippen molar-refractivity contribution in [1.29, 1.82) is 0 Å². The Labute approximate surface area is 137 Å². The van der Waals surface area contributed by atoms with Gasteiger partial charge in [0, 0.05) is 16.5 Å². The molecule has 0 spiro atoms. The predicted octanol–water partition coefficient (Wildman–Crippen LogP) is 3.68. The van der Waals surface area contributed by atoms with Crippen LogP contribution in [0.1, 0.15) is 21.1 Å². The molecule has 1 N–H and O–H groups in total. The number of aryl methyl sites for hydroxylation is 2. The maximum atomic E-state index is 12.1. The number of nitrogens with one attached hydrogen (secondary N) is 1. The van der Waals surface area contributed by atoms with Crippen molar-refractivity contribution >= 4 is 22.4 Å². The molecule has 0 radical (unpaired) electrons. The van der Waals surface area contributed by atoms with Crippen LogP contribution in [0.25, 0.3) is 11.3 Å². The molecule has 2 heterocycles. The van der Waals surface area contributed by atoms with Gasteiger partial charge in [-0.2, -0.15) is 0 Å². The third kappa shape index (κ3) is 3.24. The molecule has 6 nitrogen and oxygen atoms in total. The Morgan fingerprint density at radius 2 is 2.00 bits per heavy atom. The lowest BCUT2D eigenvalue weighted by atomic mass is 10.1. The molecule has 0 bridgehead atoms. The SMILES string of the molecule is COc1ccc(-c2nc(NC(=O)c3cc(C)on3)sc2C)cc1. The van der Waals surface area contributed by atoms with Crippen LogP contribution in [0.4, 0.5) is 5.13 Å². The van der Waals surface area contributed by atoms with Crippen LogP contribution in [0.15, 0.2) is 34.9 Å². The fourth-order valence-corrected chi connectivity index (χ4v) is 2.93. The van der Waals surface area contributed by atoms with Gasteiger partial charge in [0.2, 0.25) is 0 Å². The van der Waals surface area contributed by atoms with Gasteiger partial charge in [0.15, 0.2) is 10.8 Å². The molecule has 0 aliphatic heterocycles. The molecule has 1 amide bonds. The second kappa shape index (κ2) is 6.21. The van der Waals surface area contributed by atoms with Gasteiger partial charge in [-0.1, -0.05) is 5.16 Å². The number of ether oxygens (including phenoxy) is 1. The highest BCUT2D eigenvalue weighted by Gasteiger charge is 2.15. The second-order valence-corrected chi connectivity index (χ2v) is 6.13. The largest absolute Gasteiger partial charge is 0.497 e. The number of hydrogen-bond acceptors (Lipinski definition) is 6. The Bertz CT molecular complexity index is 837. The van der Waals surface area contributed by atoms with Crippen LogP contribution < -0.4 is 10.1 Å². The molecule has 0 aliphatic carbocycles. The summed E-state index contributed by atoms with van der Waals surface area (Å²) in [6, 6.07) is 9.22. The summed E-state index contributed by atoms with van der Waals surface area (Å²) < 4.78 is 10.1. The highest BCUT2D eigenvalue weighted by atomic mass is 32.1. The van der Waals surface area contributed by atoms with E-state index in [1.54, 1.807) is 20.1 Å². The van der Waals surface area contributed by atoms with Crippen LogP contribution >= 0.6 is 11.3 Å². The zero-order valence-electron chi connectivity index (χ0n) is 12.9. The molecule has 0 saturated heterocycles. The third-order valence-corrected chi connectivity index (χ3v) is 4.13. The zero-order chi connectivity index (χ0) is 16.4. The van der Waals surface area contributed by atoms with Gasteiger partial charge in [0.25, 0.3) is 5.91 Å². The minimum absolute atomic E-state index is 0.237. The minimum atomic E-state index is -0.336.